The van der Waals surface area contributed by atoms with Gasteiger partial charge in [0, 0.05) is 37.8 Å². The number of ether oxygens (including phenoxy) is 1. The molecule has 0 saturated carbocycles. The molecule has 1 N–H and O–H groups in total. The van der Waals surface area contributed by atoms with E-state index < -0.39 is 0 Å². The largest absolute Gasteiger partial charge is 0.381 e. The zero-order valence-electron chi connectivity index (χ0n) is 12.4. The lowest BCUT2D eigenvalue weighted by Crippen LogP contribution is -2.63. The number of hydrogen-bond donors (Lipinski definition) is 1. The highest BCUT2D eigenvalue weighted by Crippen LogP contribution is 2.23. The molecule has 0 aliphatic carbocycles. The molecule has 0 aromatic rings. The van der Waals surface area contributed by atoms with Crippen LogP contribution in [0.15, 0.2) is 0 Å². The molecule has 18 heavy (non-hydrogen) atoms. The van der Waals surface area contributed by atoms with Crippen LogP contribution in [0.25, 0.3) is 0 Å². The smallest absolute Gasteiger partial charge is 0.0506 e. The van der Waals surface area contributed by atoms with Gasteiger partial charge in [0.15, 0.2) is 0 Å². The van der Waals surface area contributed by atoms with Crippen molar-refractivity contribution in [3.8, 4) is 0 Å². The van der Waals surface area contributed by atoms with Crippen LogP contribution in [0.2, 0.25) is 0 Å². The maximum absolute atomic E-state index is 5.63. The molecule has 2 aliphatic heterocycles. The molecule has 0 spiro atoms. The number of piperazine rings is 1. The fourth-order valence-corrected chi connectivity index (χ4v) is 3.26. The number of nitrogens with one attached hydrogen (secondary N) is 1. The molecular weight excluding hydrogens is 224 g/mol. The topological polar surface area (TPSA) is 24.5 Å². The minimum atomic E-state index is 0.307. The number of hydrogen-bond acceptors (Lipinski definition) is 3. The van der Waals surface area contributed by atoms with Crippen molar-refractivity contribution < 1.29 is 4.74 Å². The van der Waals surface area contributed by atoms with E-state index in [2.05, 4.69) is 31.0 Å². The zero-order chi connectivity index (χ0) is 13.0. The average molecular weight is 254 g/mol. The first-order valence-electron chi connectivity index (χ1n) is 7.73. The van der Waals surface area contributed by atoms with Gasteiger partial charge < -0.3 is 10.1 Å². The van der Waals surface area contributed by atoms with Crippen LogP contribution in [-0.4, -0.2) is 49.3 Å². The van der Waals surface area contributed by atoms with E-state index in [0.29, 0.717) is 11.6 Å². The fraction of sp³-hybridized carbons (Fsp3) is 1.00. The lowest BCUT2D eigenvalue weighted by molar-refractivity contribution is 0.0106. The average Bonchev–Trinajstić information content (AvgIpc) is 2.40. The maximum atomic E-state index is 5.63. The van der Waals surface area contributed by atoms with E-state index in [9.17, 15) is 0 Å². The Balaban J connectivity index is 1.93. The van der Waals surface area contributed by atoms with Gasteiger partial charge in [0.1, 0.15) is 0 Å². The lowest BCUT2D eigenvalue weighted by Gasteiger charge is -2.47. The second kappa shape index (κ2) is 6.36. The summed E-state index contributed by atoms with van der Waals surface area (Å²) < 4.78 is 5.63. The first-order chi connectivity index (χ1) is 8.67. The van der Waals surface area contributed by atoms with Crippen molar-refractivity contribution >= 4 is 0 Å². The standard InChI is InChI=1S/C15H30N2O/c1-4-14-9-16-15(3,5-2)12-17(14)10-13-7-6-8-18-11-13/h13-14,16H,4-12H2,1-3H3. The van der Waals surface area contributed by atoms with Gasteiger partial charge in [0.2, 0.25) is 0 Å². The molecule has 3 unspecified atom stereocenters. The van der Waals surface area contributed by atoms with Crippen LogP contribution in [0.3, 0.4) is 0 Å². The van der Waals surface area contributed by atoms with E-state index in [1.54, 1.807) is 0 Å². The van der Waals surface area contributed by atoms with Crippen molar-refractivity contribution in [2.75, 3.05) is 32.8 Å². The Labute approximate surface area is 112 Å². The highest BCUT2D eigenvalue weighted by atomic mass is 16.5. The lowest BCUT2D eigenvalue weighted by atomic mass is 9.91. The molecule has 0 amide bonds. The molecule has 2 rings (SSSR count). The van der Waals surface area contributed by atoms with Crippen LogP contribution < -0.4 is 5.32 Å². The van der Waals surface area contributed by atoms with E-state index in [1.807, 2.05) is 0 Å². The van der Waals surface area contributed by atoms with Crippen LogP contribution in [0.1, 0.15) is 46.5 Å². The van der Waals surface area contributed by atoms with Crippen molar-refractivity contribution in [2.45, 2.75) is 58.0 Å². The maximum Gasteiger partial charge on any atom is 0.0506 e. The summed E-state index contributed by atoms with van der Waals surface area (Å²) in [4.78, 5) is 2.72. The van der Waals surface area contributed by atoms with Gasteiger partial charge in [0.25, 0.3) is 0 Å². The van der Waals surface area contributed by atoms with Crippen LogP contribution in [0.4, 0.5) is 0 Å². The van der Waals surface area contributed by atoms with E-state index >= 15 is 0 Å². The van der Waals surface area contributed by atoms with E-state index in [1.165, 1.54) is 38.8 Å². The van der Waals surface area contributed by atoms with Gasteiger partial charge in [-0.25, -0.2) is 0 Å². The van der Waals surface area contributed by atoms with Gasteiger partial charge in [0.05, 0.1) is 6.61 Å². The molecule has 106 valence electrons. The quantitative estimate of drug-likeness (QED) is 0.833. The Bertz CT molecular complexity index is 253. The predicted octanol–water partition coefficient (Wildman–Crippen LogP) is 2.27. The molecule has 0 aromatic heterocycles. The molecular formula is C15H30N2O. The minimum Gasteiger partial charge on any atom is -0.381 e. The predicted molar refractivity (Wildman–Crippen MR) is 75.9 cm³/mol. The second-order valence-corrected chi connectivity index (χ2v) is 6.37. The second-order valence-electron chi connectivity index (χ2n) is 6.37. The van der Waals surface area contributed by atoms with Crippen molar-refractivity contribution in [1.29, 1.82) is 0 Å². The highest BCUT2D eigenvalue weighted by Gasteiger charge is 2.34. The summed E-state index contributed by atoms with van der Waals surface area (Å²) in [5.41, 5.74) is 0.307. The van der Waals surface area contributed by atoms with Crippen LogP contribution in [0.5, 0.6) is 0 Å². The van der Waals surface area contributed by atoms with Gasteiger partial charge in [-0.1, -0.05) is 13.8 Å². The summed E-state index contributed by atoms with van der Waals surface area (Å²) in [7, 11) is 0. The molecule has 2 aliphatic rings. The molecule has 2 saturated heterocycles. The van der Waals surface area contributed by atoms with Crippen molar-refractivity contribution in [1.82, 2.24) is 10.2 Å². The monoisotopic (exact) mass is 254 g/mol. The minimum absolute atomic E-state index is 0.307. The summed E-state index contributed by atoms with van der Waals surface area (Å²) >= 11 is 0. The van der Waals surface area contributed by atoms with Crippen LogP contribution >= 0.6 is 0 Å². The number of rotatable bonds is 4. The molecule has 0 aromatic carbocycles. The first-order valence-corrected chi connectivity index (χ1v) is 7.73. The van der Waals surface area contributed by atoms with Crippen molar-refractivity contribution in [2.24, 2.45) is 5.92 Å². The summed E-state index contributed by atoms with van der Waals surface area (Å²) in [5.74, 6) is 0.756. The third-order valence-electron chi connectivity index (χ3n) is 4.83. The summed E-state index contributed by atoms with van der Waals surface area (Å²) in [5, 5.41) is 3.74. The summed E-state index contributed by atoms with van der Waals surface area (Å²) in [6, 6.07) is 0.714. The SMILES string of the molecule is CCC1CNC(C)(CC)CN1CC1CCCOC1. The van der Waals surface area contributed by atoms with Gasteiger partial charge in [-0.05, 0) is 38.5 Å². The molecule has 3 atom stereocenters. The molecule has 2 heterocycles. The fourth-order valence-electron chi connectivity index (χ4n) is 3.26. The van der Waals surface area contributed by atoms with E-state index in [-0.39, 0.29) is 0 Å². The van der Waals surface area contributed by atoms with Gasteiger partial charge in [-0.15, -0.1) is 0 Å². The molecule has 0 bridgehead atoms. The molecule has 2 fully saturated rings. The first kappa shape index (κ1) is 14.3. The summed E-state index contributed by atoms with van der Waals surface area (Å²) in [6.07, 6.45) is 5.06. The normalized spacial score (nSPS) is 38.8. The third-order valence-corrected chi connectivity index (χ3v) is 4.83. The van der Waals surface area contributed by atoms with Crippen LogP contribution in [-0.2, 0) is 4.74 Å². The Morgan fingerprint density at radius 1 is 1.39 bits per heavy atom. The van der Waals surface area contributed by atoms with Gasteiger partial charge in [-0.3, -0.25) is 4.90 Å². The van der Waals surface area contributed by atoms with Gasteiger partial charge in [-0.2, -0.15) is 0 Å². The van der Waals surface area contributed by atoms with Crippen molar-refractivity contribution in [3.63, 3.8) is 0 Å². The molecule has 3 nitrogen and oxygen atoms in total. The van der Waals surface area contributed by atoms with E-state index in [4.69, 9.17) is 4.74 Å². The third kappa shape index (κ3) is 3.46. The van der Waals surface area contributed by atoms with Gasteiger partial charge >= 0.3 is 0 Å². The zero-order valence-corrected chi connectivity index (χ0v) is 12.4. The highest BCUT2D eigenvalue weighted by molar-refractivity contribution is 4.94. The Kier molecular flexibility index (Phi) is 5.05. The van der Waals surface area contributed by atoms with Crippen molar-refractivity contribution in [3.05, 3.63) is 0 Å². The Morgan fingerprint density at radius 3 is 2.83 bits per heavy atom. The molecule has 0 radical (unpaired) electrons. The summed E-state index contributed by atoms with van der Waals surface area (Å²) in [6.45, 7) is 12.5. The number of nitrogens with zero attached hydrogens (tertiary/aromatic N) is 1. The Morgan fingerprint density at radius 2 is 2.22 bits per heavy atom. The van der Waals surface area contributed by atoms with E-state index in [0.717, 1.165) is 25.7 Å². The van der Waals surface area contributed by atoms with Crippen LogP contribution in [0, 0.1) is 5.92 Å². The molecule has 3 heteroatoms. The Hall–Kier alpha value is -0.120.